The molecule has 3 heteroatoms. The fraction of sp³-hybridized carbons (Fsp3) is 0.364. The number of anilines is 1. The maximum absolute atomic E-state index is 11.4. The highest BCUT2D eigenvalue weighted by molar-refractivity contribution is 9.09. The van der Waals surface area contributed by atoms with Gasteiger partial charge in [0.05, 0.1) is 0 Å². The zero-order valence-electron chi connectivity index (χ0n) is 8.00. The van der Waals surface area contributed by atoms with Crippen LogP contribution in [-0.4, -0.2) is 11.2 Å². The third-order valence-electron chi connectivity index (χ3n) is 1.85. The summed E-state index contributed by atoms with van der Waals surface area (Å²) in [4.78, 5) is 11.4. The van der Waals surface area contributed by atoms with Gasteiger partial charge in [-0.15, -0.1) is 0 Å². The molecule has 0 saturated carbocycles. The molecule has 14 heavy (non-hydrogen) atoms. The lowest BCUT2D eigenvalue weighted by molar-refractivity contribution is -0.116. The lowest BCUT2D eigenvalue weighted by atomic mass is 10.2. The molecule has 76 valence electrons. The van der Waals surface area contributed by atoms with Gasteiger partial charge in [-0.25, -0.2) is 0 Å². The van der Waals surface area contributed by atoms with Crippen LogP contribution < -0.4 is 5.32 Å². The van der Waals surface area contributed by atoms with Crippen molar-refractivity contribution in [3.05, 3.63) is 30.3 Å². The Kier molecular flexibility index (Phi) is 5.30. The minimum absolute atomic E-state index is 0.0946. The number of para-hydroxylation sites is 1. The number of carbonyl (C=O) groups is 1. The molecule has 0 heterocycles. The first kappa shape index (κ1) is 11.2. The van der Waals surface area contributed by atoms with Gasteiger partial charge in [0, 0.05) is 17.4 Å². The summed E-state index contributed by atoms with van der Waals surface area (Å²) in [5.74, 6) is 0.0946. The molecule has 1 amide bonds. The maximum atomic E-state index is 11.4. The molecular formula is C11H14BrNO. The highest BCUT2D eigenvalue weighted by atomic mass is 79.9. The molecule has 0 bridgehead atoms. The van der Waals surface area contributed by atoms with E-state index in [4.69, 9.17) is 0 Å². The Morgan fingerprint density at radius 3 is 2.57 bits per heavy atom. The van der Waals surface area contributed by atoms with Crippen LogP contribution in [0.1, 0.15) is 19.3 Å². The van der Waals surface area contributed by atoms with E-state index in [0.717, 1.165) is 23.9 Å². The van der Waals surface area contributed by atoms with E-state index in [1.54, 1.807) is 0 Å². The van der Waals surface area contributed by atoms with Gasteiger partial charge >= 0.3 is 0 Å². The van der Waals surface area contributed by atoms with E-state index in [1.165, 1.54) is 0 Å². The Balaban J connectivity index is 2.27. The Morgan fingerprint density at radius 2 is 1.93 bits per heavy atom. The van der Waals surface area contributed by atoms with Gasteiger partial charge < -0.3 is 5.32 Å². The second kappa shape index (κ2) is 6.60. The quantitative estimate of drug-likeness (QED) is 0.636. The second-order valence-corrected chi connectivity index (χ2v) is 3.85. The molecule has 0 aliphatic carbocycles. The molecule has 0 aliphatic heterocycles. The van der Waals surface area contributed by atoms with Crippen molar-refractivity contribution in [2.75, 3.05) is 10.6 Å². The average molecular weight is 256 g/mol. The van der Waals surface area contributed by atoms with Crippen molar-refractivity contribution < 1.29 is 4.79 Å². The van der Waals surface area contributed by atoms with Crippen LogP contribution in [0.25, 0.3) is 0 Å². The zero-order chi connectivity index (χ0) is 10.2. The average Bonchev–Trinajstić information content (AvgIpc) is 2.20. The van der Waals surface area contributed by atoms with Gasteiger partial charge in [0.2, 0.25) is 5.91 Å². The van der Waals surface area contributed by atoms with Gasteiger partial charge in [0.15, 0.2) is 0 Å². The summed E-state index contributed by atoms with van der Waals surface area (Å²) in [6, 6.07) is 9.54. The van der Waals surface area contributed by atoms with Crippen LogP contribution in [0.15, 0.2) is 30.3 Å². The number of benzene rings is 1. The van der Waals surface area contributed by atoms with Gasteiger partial charge in [0.25, 0.3) is 0 Å². The maximum Gasteiger partial charge on any atom is 0.224 e. The first-order valence-corrected chi connectivity index (χ1v) is 5.86. The predicted molar refractivity (Wildman–Crippen MR) is 62.7 cm³/mol. The number of nitrogens with one attached hydrogen (secondary N) is 1. The molecule has 1 N–H and O–H groups in total. The van der Waals surface area contributed by atoms with Crippen LogP contribution >= 0.6 is 15.9 Å². The molecule has 2 nitrogen and oxygen atoms in total. The Bertz CT molecular complexity index is 274. The van der Waals surface area contributed by atoms with Gasteiger partial charge in [-0.3, -0.25) is 4.79 Å². The summed E-state index contributed by atoms with van der Waals surface area (Å²) in [5.41, 5.74) is 0.872. The van der Waals surface area contributed by atoms with E-state index in [9.17, 15) is 4.79 Å². The zero-order valence-corrected chi connectivity index (χ0v) is 9.59. The molecule has 0 radical (unpaired) electrons. The minimum Gasteiger partial charge on any atom is -0.326 e. The second-order valence-electron chi connectivity index (χ2n) is 3.06. The molecule has 0 fully saturated rings. The molecule has 0 spiro atoms. The SMILES string of the molecule is O=C(CCCCBr)Nc1ccccc1. The fourth-order valence-corrected chi connectivity index (χ4v) is 1.52. The summed E-state index contributed by atoms with van der Waals surface area (Å²) in [5, 5.41) is 3.81. The van der Waals surface area contributed by atoms with E-state index in [0.29, 0.717) is 6.42 Å². The van der Waals surface area contributed by atoms with Gasteiger partial charge in [-0.1, -0.05) is 34.1 Å². The standard InChI is InChI=1S/C11H14BrNO/c12-9-5-4-8-11(14)13-10-6-2-1-3-7-10/h1-3,6-7H,4-5,8-9H2,(H,13,14). The number of rotatable bonds is 5. The van der Waals surface area contributed by atoms with Gasteiger partial charge in [0.1, 0.15) is 0 Å². The number of unbranched alkanes of at least 4 members (excludes halogenated alkanes) is 1. The largest absolute Gasteiger partial charge is 0.326 e. The van der Waals surface area contributed by atoms with Crippen molar-refractivity contribution >= 4 is 27.5 Å². The summed E-state index contributed by atoms with van der Waals surface area (Å²) in [7, 11) is 0. The van der Waals surface area contributed by atoms with E-state index in [-0.39, 0.29) is 5.91 Å². The Labute approximate surface area is 92.8 Å². The number of alkyl halides is 1. The number of hydrogen-bond donors (Lipinski definition) is 1. The molecule has 0 saturated heterocycles. The molecule has 0 aromatic heterocycles. The monoisotopic (exact) mass is 255 g/mol. The number of halogens is 1. The Morgan fingerprint density at radius 1 is 1.21 bits per heavy atom. The molecule has 1 aromatic rings. The van der Waals surface area contributed by atoms with Crippen LogP contribution in [-0.2, 0) is 4.79 Å². The van der Waals surface area contributed by atoms with Crippen molar-refractivity contribution in [1.29, 1.82) is 0 Å². The van der Waals surface area contributed by atoms with E-state index < -0.39 is 0 Å². The molecule has 0 unspecified atom stereocenters. The van der Waals surface area contributed by atoms with E-state index in [2.05, 4.69) is 21.2 Å². The molecular weight excluding hydrogens is 242 g/mol. The fourth-order valence-electron chi connectivity index (χ4n) is 1.13. The molecule has 0 atom stereocenters. The topological polar surface area (TPSA) is 29.1 Å². The third kappa shape index (κ3) is 4.42. The normalized spacial score (nSPS) is 9.79. The first-order chi connectivity index (χ1) is 6.83. The summed E-state index contributed by atoms with van der Waals surface area (Å²) in [6.45, 7) is 0. The minimum atomic E-state index is 0.0946. The van der Waals surface area contributed by atoms with Crippen molar-refractivity contribution in [2.45, 2.75) is 19.3 Å². The summed E-state index contributed by atoms with van der Waals surface area (Å²) < 4.78 is 0. The van der Waals surface area contributed by atoms with Crippen molar-refractivity contribution in [3.8, 4) is 0 Å². The lowest BCUT2D eigenvalue weighted by Crippen LogP contribution is -2.10. The molecule has 1 aromatic carbocycles. The van der Waals surface area contributed by atoms with Crippen LogP contribution in [0.2, 0.25) is 0 Å². The third-order valence-corrected chi connectivity index (χ3v) is 2.41. The summed E-state index contributed by atoms with van der Waals surface area (Å²) in [6.07, 6.45) is 2.58. The number of carbonyl (C=O) groups excluding carboxylic acids is 1. The van der Waals surface area contributed by atoms with Crippen LogP contribution in [0.4, 0.5) is 5.69 Å². The first-order valence-electron chi connectivity index (χ1n) is 4.74. The molecule has 0 aliphatic rings. The number of amides is 1. The summed E-state index contributed by atoms with van der Waals surface area (Å²) >= 11 is 3.33. The number of hydrogen-bond acceptors (Lipinski definition) is 1. The van der Waals surface area contributed by atoms with Crippen LogP contribution in [0.5, 0.6) is 0 Å². The van der Waals surface area contributed by atoms with Crippen molar-refractivity contribution in [3.63, 3.8) is 0 Å². The van der Waals surface area contributed by atoms with Gasteiger partial charge in [-0.2, -0.15) is 0 Å². The highest BCUT2D eigenvalue weighted by Crippen LogP contribution is 2.07. The van der Waals surface area contributed by atoms with E-state index in [1.807, 2.05) is 30.3 Å². The highest BCUT2D eigenvalue weighted by Gasteiger charge is 2.00. The van der Waals surface area contributed by atoms with Crippen LogP contribution in [0, 0.1) is 0 Å². The van der Waals surface area contributed by atoms with Crippen molar-refractivity contribution in [2.24, 2.45) is 0 Å². The lowest BCUT2D eigenvalue weighted by Gasteiger charge is -2.03. The molecule has 1 rings (SSSR count). The smallest absolute Gasteiger partial charge is 0.224 e. The predicted octanol–water partition coefficient (Wildman–Crippen LogP) is 3.19. The Hall–Kier alpha value is -0.830. The van der Waals surface area contributed by atoms with Gasteiger partial charge in [-0.05, 0) is 25.0 Å². The van der Waals surface area contributed by atoms with Crippen molar-refractivity contribution in [1.82, 2.24) is 0 Å². The van der Waals surface area contributed by atoms with Crippen LogP contribution in [0.3, 0.4) is 0 Å². The van der Waals surface area contributed by atoms with E-state index >= 15 is 0 Å².